The van der Waals surface area contributed by atoms with Crippen LogP contribution in [0.2, 0.25) is 0 Å². The van der Waals surface area contributed by atoms with Crippen molar-refractivity contribution in [2.45, 2.75) is 38.5 Å². The lowest BCUT2D eigenvalue weighted by Crippen LogP contribution is -1.94. The maximum atomic E-state index is 4.54. The molecule has 0 atom stereocenters. The van der Waals surface area contributed by atoms with Gasteiger partial charge in [-0.2, -0.15) is 5.10 Å². The van der Waals surface area contributed by atoms with Gasteiger partial charge in [0.15, 0.2) is 5.65 Å². The van der Waals surface area contributed by atoms with Crippen LogP contribution in [0.5, 0.6) is 0 Å². The monoisotopic (exact) mass is 201 g/mol. The van der Waals surface area contributed by atoms with Crippen LogP contribution in [0.4, 0.5) is 0 Å². The van der Waals surface area contributed by atoms with Gasteiger partial charge in [-0.15, -0.1) is 0 Å². The van der Waals surface area contributed by atoms with Gasteiger partial charge in [-0.05, 0) is 30.2 Å². The second kappa shape index (κ2) is 3.05. The van der Waals surface area contributed by atoms with Gasteiger partial charge in [0, 0.05) is 18.5 Å². The van der Waals surface area contributed by atoms with E-state index in [1.54, 1.807) is 0 Å². The molecular weight excluding hydrogens is 186 g/mol. The molecule has 2 aromatic rings. The Bertz CT molecular complexity index is 495. The molecule has 0 saturated heterocycles. The molecule has 0 aliphatic heterocycles. The Hall–Kier alpha value is -1.38. The number of hydrogen-bond donors (Lipinski definition) is 0. The van der Waals surface area contributed by atoms with Crippen molar-refractivity contribution < 1.29 is 0 Å². The normalized spacial score (nSPS) is 16.5. The summed E-state index contributed by atoms with van der Waals surface area (Å²) >= 11 is 0. The summed E-state index contributed by atoms with van der Waals surface area (Å²) in [6.45, 7) is 4.31. The fraction of sp³-hybridized carbons (Fsp3) is 0.500. The van der Waals surface area contributed by atoms with Crippen molar-refractivity contribution in [3.63, 3.8) is 0 Å². The zero-order valence-corrected chi connectivity index (χ0v) is 9.14. The van der Waals surface area contributed by atoms with Crippen molar-refractivity contribution in [2.75, 3.05) is 0 Å². The largest absolute Gasteiger partial charge is 0.237 e. The number of rotatable bonds is 2. The summed E-state index contributed by atoms with van der Waals surface area (Å²) in [5.41, 5.74) is 3.42. The Labute approximate surface area is 89.1 Å². The van der Waals surface area contributed by atoms with Gasteiger partial charge >= 0.3 is 0 Å². The highest BCUT2D eigenvalue weighted by atomic mass is 15.2. The zero-order chi connectivity index (χ0) is 10.4. The molecule has 1 fully saturated rings. The van der Waals surface area contributed by atoms with Crippen molar-refractivity contribution >= 4 is 5.65 Å². The first-order valence-corrected chi connectivity index (χ1v) is 5.59. The molecule has 15 heavy (non-hydrogen) atoms. The third-order valence-corrected chi connectivity index (χ3v) is 2.99. The van der Waals surface area contributed by atoms with Gasteiger partial charge in [-0.3, -0.25) is 0 Å². The van der Waals surface area contributed by atoms with Crippen LogP contribution in [0.25, 0.3) is 5.65 Å². The summed E-state index contributed by atoms with van der Waals surface area (Å²) in [4.78, 5) is 4.45. The maximum absolute atomic E-state index is 4.54. The first-order chi connectivity index (χ1) is 7.24. The average molecular weight is 201 g/mol. The van der Waals surface area contributed by atoms with Crippen LogP contribution in [-0.4, -0.2) is 14.6 Å². The van der Waals surface area contributed by atoms with Crippen molar-refractivity contribution in [3.8, 4) is 0 Å². The second-order valence-corrected chi connectivity index (χ2v) is 4.69. The van der Waals surface area contributed by atoms with Gasteiger partial charge in [-0.25, -0.2) is 9.50 Å². The van der Waals surface area contributed by atoms with E-state index < -0.39 is 0 Å². The van der Waals surface area contributed by atoms with Crippen LogP contribution in [0, 0.1) is 0 Å². The Morgan fingerprint density at radius 2 is 2.20 bits per heavy atom. The number of fused-ring (bicyclic) bond motifs is 1. The highest BCUT2D eigenvalue weighted by molar-refractivity contribution is 5.41. The first kappa shape index (κ1) is 8.89. The van der Waals surface area contributed by atoms with Crippen LogP contribution >= 0.6 is 0 Å². The lowest BCUT2D eigenvalue weighted by molar-refractivity contribution is 0.782. The fourth-order valence-corrected chi connectivity index (χ4v) is 1.82. The standard InChI is InChI=1S/C12H15N3/c1-8(2)11-5-12-13-6-10(9-3-4-9)7-15(12)14-11/h5-9H,3-4H2,1-2H3. The molecule has 3 nitrogen and oxygen atoms in total. The van der Waals surface area contributed by atoms with E-state index in [0.717, 1.165) is 17.3 Å². The summed E-state index contributed by atoms with van der Waals surface area (Å²) in [5, 5.41) is 4.54. The molecule has 0 N–H and O–H groups in total. The molecule has 3 rings (SSSR count). The SMILES string of the molecule is CC(C)c1cc2ncc(C3CC3)cn2n1. The van der Waals surface area contributed by atoms with E-state index in [2.05, 4.69) is 36.2 Å². The minimum Gasteiger partial charge on any atom is -0.237 e. The smallest absolute Gasteiger partial charge is 0.155 e. The van der Waals surface area contributed by atoms with Gasteiger partial charge in [0.05, 0.1) is 5.69 Å². The van der Waals surface area contributed by atoms with Gasteiger partial charge in [0.25, 0.3) is 0 Å². The predicted molar refractivity (Wildman–Crippen MR) is 59.1 cm³/mol. The molecule has 78 valence electrons. The van der Waals surface area contributed by atoms with Gasteiger partial charge in [-0.1, -0.05) is 13.8 Å². The van der Waals surface area contributed by atoms with Crippen LogP contribution < -0.4 is 0 Å². The Morgan fingerprint density at radius 3 is 2.87 bits per heavy atom. The summed E-state index contributed by atoms with van der Waals surface area (Å²) in [6, 6.07) is 2.07. The number of aromatic nitrogens is 3. The molecular formula is C12H15N3. The van der Waals surface area contributed by atoms with Crippen molar-refractivity contribution in [1.29, 1.82) is 0 Å². The highest BCUT2D eigenvalue weighted by Gasteiger charge is 2.24. The van der Waals surface area contributed by atoms with Crippen LogP contribution in [0.1, 0.15) is 49.8 Å². The van der Waals surface area contributed by atoms with Crippen LogP contribution in [0.15, 0.2) is 18.5 Å². The average Bonchev–Trinajstić information content (AvgIpc) is 2.96. The minimum atomic E-state index is 0.469. The Kier molecular flexibility index (Phi) is 1.81. The molecule has 3 heteroatoms. The minimum absolute atomic E-state index is 0.469. The summed E-state index contributed by atoms with van der Waals surface area (Å²) in [5.74, 6) is 1.21. The number of hydrogen-bond acceptors (Lipinski definition) is 2. The zero-order valence-electron chi connectivity index (χ0n) is 9.14. The molecule has 0 unspecified atom stereocenters. The predicted octanol–water partition coefficient (Wildman–Crippen LogP) is 2.73. The molecule has 1 aliphatic carbocycles. The van der Waals surface area contributed by atoms with Gasteiger partial charge < -0.3 is 0 Å². The molecule has 0 amide bonds. The second-order valence-electron chi connectivity index (χ2n) is 4.69. The molecule has 0 bridgehead atoms. The third kappa shape index (κ3) is 1.52. The van der Waals surface area contributed by atoms with E-state index >= 15 is 0 Å². The van der Waals surface area contributed by atoms with E-state index in [1.807, 2.05) is 10.7 Å². The summed E-state index contributed by atoms with van der Waals surface area (Å²) in [7, 11) is 0. The fourth-order valence-electron chi connectivity index (χ4n) is 1.82. The molecule has 2 aromatic heterocycles. The van der Waals surface area contributed by atoms with E-state index in [-0.39, 0.29) is 0 Å². The highest BCUT2D eigenvalue weighted by Crippen LogP contribution is 2.39. The lowest BCUT2D eigenvalue weighted by atomic mass is 10.1. The quantitative estimate of drug-likeness (QED) is 0.747. The van der Waals surface area contributed by atoms with Crippen molar-refractivity contribution in [1.82, 2.24) is 14.6 Å². The molecule has 0 spiro atoms. The Balaban J connectivity index is 2.09. The Morgan fingerprint density at radius 1 is 1.40 bits per heavy atom. The maximum Gasteiger partial charge on any atom is 0.155 e. The van der Waals surface area contributed by atoms with E-state index in [0.29, 0.717) is 5.92 Å². The summed E-state index contributed by atoms with van der Waals surface area (Å²) < 4.78 is 1.92. The van der Waals surface area contributed by atoms with Crippen LogP contribution in [0.3, 0.4) is 0 Å². The molecule has 1 saturated carbocycles. The lowest BCUT2D eigenvalue weighted by Gasteiger charge is -1.98. The van der Waals surface area contributed by atoms with Crippen LogP contribution in [-0.2, 0) is 0 Å². The van der Waals surface area contributed by atoms with Crippen molar-refractivity contribution in [2.24, 2.45) is 0 Å². The van der Waals surface area contributed by atoms with Gasteiger partial charge in [0.1, 0.15) is 0 Å². The molecule has 0 aromatic carbocycles. The third-order valence-electron chi connectivity index (χ3n) is 2.99. The van der Waals surface area contributed by atoms with E-state index in [1.165, 1.54) is 18.4 Å². The molecule has 1 aliphatic rings. The number of nitrogens with zero attached hydrogens (tertiary/aromatic N) is 3. The van der Waals surface area contributed by atoms with Gasteiger partial charge in [0.2, 0.25) is 0 Å². The summed E-state index contributed by atoms with van der Waals surface area (Å²) in [6.07, 6.45) is 6.75. The van der Waals surface area contributed by atoms with E-state index in [4.69, 9.17) is 0 Å². The van der Waals surface area contributed by atoms with E-state index in [9.17, 15) is 0 Å². The molecule has 2 heterocycles. The molecule has 0 radical (unpaired) electrons. The first-order valence-electron chi connectivity index (χ1n) is 5.59. The topological polar surface area (TPSA) is 30.2 Å². The van der Waals surface area contributed by atoms with Crippen molar-refractivity contribution in [3.05, 3.63) is 29.7 Å².